The zero-order valence-electron chi connectivity index (χ0n) is 16.4. The average Bonchev–Trinajstić information content (AvgIpc) is 3.36. The molecule has 12 heteroatoms. The van der Waals surface area contributed by atoms with Crippen molar-refractivity contribution in [3.8, 4) is 5.75 Å². The van der Waals surface area contributed by atoms with Crippen molar-refractivity contribution in [1.82, 2.24) is 35.7 Å². The summed E-state index contributed by atoms with van der Waals surface area (Å²) < 4.78 is -0.331. The third-order valence-corrected chi connectivity index (χ3v) is 7.81. The third kappa shape index (κ3) is 2.65. The minimum Gasteiger partial charge on any atom is -0.506 e. The van der Waals surface area contributed by atoms with Gasteiger partial charge in [0.1, 0.15) is 29.2 Å². The number of β-lactam (4-membered cyclic amide) rings is 1. The molecule has 1 aromatic heterocycles. The summed E-state index contributed by atoms with van der Waals surface area (Å²) in [6, 6.07) is 3.16. The Morgan fingerprint density at radius 1 is 1.23 bits per heavy atom. The summed E-state index contributed by atoms with van der Waals surface area (Å²) in [6.45, 7) is 5.93. The lowest BCUT2D eigenvalue weighted by Gasteiger charge is -2.48. The van der Waals surface area contributed by atoms with E-state index in [0.717, 1.165) is 0 Å². The maximum absolute atomic E-state index is 13.3. The van der Waals surface area contributed by atoms with E-state index in [1.165, 1.54) is 6.07 Å². The number of nitrogens with zero attached hydrogens (tertiary/aromatic N) is 5. The van der Waals surface area contributed by atoms with E-state index >= 15 is 0 Å². The monoisotopic (exact) mass is 449 g/mol. The highest BCUT2D eigenvalue weighted by Crippen LogP contribution is 2.58. The number of carbonyl (C=O) groups is 2. The van der Waals surface area contributed by atoms with E-state index in [1.54, 1.807) is 33.7 Å². The number of thioether (sulfide) groups is 1. The third-order valence-electron chi connectivity index (χ3n) is 5.95. The molecule has 0 saturated carbocycles. The second-order valence-corrected chi connectivity index (χ2v) is 10.4. The molecule has 3 aliphatic heterocycles. The van der Waals surface area contributed by atoms with Crippen molar-refractivity contribution in [1.29, 1.82) is 0 Å². The lowest BCUT2D eigenvalue weighted by atomic mass is 9.94. The van der Waals surface area contributed by atoms with E-state index in [-0.39, 0.29) is 44.9 Å². The molecule has 5 rings (SSSR count). The number of halogens is 1. The summed E-state index contributed by atoms with van der Waals surface area (Å²) >= 11 is 7.66. The molecule has 2 amide bonds. The zero-order valence-corrected chi connectivity index (χ0v) is 18.0. The standard InChI is InChI=1S/C18H20ClN7O3S/c1-7-20-11(8-4-5-10(27)9(19)6-8)15(28)25(7)12-16(29)26-13(14-21-23-24-22-14)18(2,3)30-17(12)26/h4-7,11-13,17,20,27H,1-3H3,(H,21,22,23,24)/t7?,11?,12?,13?,17-/m1/s1. The fraction of sp³-hybridized carbons (Fsp3) is 0.500. The van der Waals surface area contributed by atoms with Crippen LogP contribution < -0.4 is 5.32 Å². The molecule has 3 saturated heterocycles. The Morgan fingerprint density at radius 3 is 2.67 bits per heavy atom. The van der Waals surface area contributed by atoms with Crippen LogP contribution in [0.4, 0.5) is 0 Å². The number of amides is 2. The molecule has 3 N–H and O–H groups in total. The summed E-state index contributed by atoms with van der Waals surface area (Å²) in [5.41, 5.74) is 0.643. The van der Waals surface area contributed by atoms with Crippen LogP contribution in [0.15, 0.2) is 18.2 Å². The minimum atomic E-state index is -0.632. The Hall–Kier alpha value is -2.37. The van der Waals surface area contributed by atoms with Gasteiger partial charge in [0.2, 0.25) is 11.8 Å². The number of rotatable bonds is 3. The summed E-state index contributed by atoms with van der Waals surface area (Å²) in [6.07, 6.45) is -0.334. The highest BCUT2D eigenvalue weighted by atomic mass is 35.5. The van der Waals surface area contributed by atoms with Crippen molar-refractivity contribution >= 4 is 35.2 Å². The maximum Gasteiger partial charge on any atom is 0.250 e. The molecular formula is C18H20ClN7O3S. The predicted molar refractivity (Wildman–Crippen MR) is 108 cm³/mol. The largest absolute Gasteiger partial charge is 0.506 e. The number of hydrogen-bond acceptors (Lipinski definition) is 8. The SMILES string of the molecule is CC1NC(c2ccc(O)c(Cl)c2)C(=O)N1C1C(=O)N2C(c3nn[nH]n3)C(C)(C)S[C@H]12. The second kappa shape index (κ2) is 6.56. The lowest BCUT2D eigenvalue weighted by molar-refractivity contribution is -0.162. The molecule has 0 bridgehead atoms. The Morgan fingerprint density at radius 2 is 2.00 bits per heavy atom. The molecule has 30 heavy (non-hydrogen) atoms. The highest BCUT2D eigenvalue weighted by molar-refractivity contribution is 8.01. The lowest BCUT2D eigenvalue weighted by Crippen LogP contribution is -2.69. The van der Waals surface area contributed by atoms with Crippen LogP contribution in [-0.2, 0) is 9.59 Å². The van der Waals surface area contributed by atoms with Gasteiger partial charge in [-0.2, -0.15) is 5.21 Å². The van der Waals surface area contributed by atoms with Gasteiger partial charge in [-0.1, -0.05) is 22.9 Å². The number of H-pyrrole nitrogens is 1. The molecule has 3 fully saturated rings. The second-order valence-electron chi connectivity index (χ2n) is 8.21. The maximum atomic E-state index is 13.3. The number of benzene rings is 1. The van der Waals surface area contributed by atoms with Crippen molar-refractivity contribution < 1.29 is 14.7 Å². The quantitative estimate of drug-likeness (QED) is 0.596. The van der Waals surface area contributed by atoms with Crippen molar-refractivity contribution in [3.63, 3.8) is 0 Å². The molecule has 4 heterocycles. The van der Waals surface area contributed by atoms with Crippen LogP contribution in [0, 0.1) is 0 Å². The Bertz CT molecular complexity index is 1030. The Labute approximate surface area is 181 Å². The number of hydrogen-bond donors (Lipinski definition) is 3. The van der Waals surface area contributed by atoms with Crippen molar-refractivity contribution in [2.24, 2.45) is 0 Å². The number of tetrazole rings is 1. The predicted octanol–water partition coefficient (Wildman–Crippen LogP) is 1.18. The van der Waals surface area contributed by atoms with Crippen molar-refractivity contribution in [2.75, 3.05) is 0 Å². The number of nitrogens with one attached hydrogen (secondary N) is 2. The Kier molecular flexibility index (Phi) is 4.28. The van der Waals surface area contributed by atoms with Gasteiger partial charge in [0.05, 0.1) is 11.2 Å². The number of fused-ring (bicyclic) bond motifs is 1. The van der Waals surface area contributed by atoms with Gasteiger partial charge in [0.25, 0.3) is 0 Å². The highest BCUT2D eigenvalue weighted by Gasteiger charge is 2.66. The number of aromatic amines is 1. The van der Waals surface area contributed by atoms with Crippen molar-refractivity contribution in [2.45, 2.75) is 55.2 Å². The molecule has 2 aromatic rings. The molecule has 3 aliphatic rings. The smallest absolute Gasteiger partial charge is 0.250 e. The molecule has 0 aliphatic carbocycles. The van der Waals surface area contributed by atoms with Gasteiger partial charge in [-0.05, 0) is 38.5 Å². The first-order valence-corrected chi connectivity index (χ1v) is 10.8. The first-order chi connectivity index (χ1) is 14.2. The van der Waals surface area contributed by atoms with E-state index < -0.39 is 12.1 Å². The van der Waals surface area contributed by atoms with Crippen LogP contribution in [0.1, 0.15) is 44.2 Å². The van der Waals surface area contributed by atoms with Crippen LogP contribution in [-0.4, -0.2) is 69.7 Å². The molecule has 5 atom stereocenters. The summed E-state index contributed by atoms with van der Waals surface area (Å²) in [7, 11) is 0. The fourth-order valence-electron chi connectivity index (χ4n) is 4.61. The first kappa shape index (κ1) is 19.6. The van der Waals surface area contributed by atoms with Crippen molar-refractivity contribution in [3.05, 3.63) is 34.6 Å². The van der Waals surface area contributed by atoms with E-state index in [1.807, 2.05) is 20.8 Å². The van der Waals surface area contributed by atoms with Crippen LogP contribution in [0.5, 0.6) is 5.75 Å². The van der Waals surface area contributed by atoms with Gasteiger partial charge in [-0.25, -0.2) is 0 Å². The van der Waals surface area contributed by atoms with E-state index in [2.05, 4.69) is 25.9 Å². The molecule has 0 radical (unpaired) electrons. The van der Waals surface area contributed by atoms with Gasteiger partial charge in [-0.15, -0.1) is 22.0 Å². The summed E-state index contributed by atoms with van der Waals surface area (Å²) in [5, 5.41) is 27.1. The van der Waals surface area contributed by atoms with Gasteiger partial charge in [0.15, 0.2) is 5.82 Å². The molecular weight excluding hydrogens is 430 g/mol. The molecule has 0 spiro atoms. The fourth-order valence-corrected chi connectivity index (χ4v) is 6.48. The van der Waals surface area contributed by atoms with Crippen LogP contribution in [0.25, 0.3) is 0 Å². The first-order valence-electron chi connectivity index (χ1n) is 9.50. The summed E-state index contributed by atoms with van der Waals surface area (Å²) in [4.78, 5) is 29.9. The van der Waals surface area contributed by atoms with Gasteiger partial charge < -0.3 is 14.9 Å². The summed E-state index contributed by atoms with van der Waals surface area (Å²) in [5.74, 6) is 0.109. The molecule has 10 nitrogen and oxygen atoms in total. The van der Waals surface area contributed by atoms with E-state index in [0.29, 0.717) is 11.4 Å². The van der Waals surface area contributed by atoms with Crippen LogP contribution >= 0.6 is 23.4 Å². The normalized spacial score (nSPS) is 32.5. The minimum absolute atomic E-state index is 0.0438. The average molecular weight is 450 g/mol. The molecule has 158 valence electrons. The zero-order chi connectivity index (χ0) is 21.4. The van der Waals surface area contributed by atoms with Gasteiger partial charge in [0, 0.05) is 4.75 Å². The topological polar surface area (TPSA) is 127 Å². The molecule has 1 aromatic carbocycles. The Balaban J connectivity index is 1.42. The molecule has 4 unspecified atom stereocenters. The van der Waals surface area contributed by atoms with E-state index in [4.69, 9.17) is 11.6 Å². The van der Waals surface area contributed by atoms with Gasteiger partial charge >= 0.3 is 0 Å². The van der Waals surface area contributed by atoms with Gasteiger partial charge in [-0.3, -0.25) is 14.9 Å². The number of carbonyl (C=O) groups excluding carboxylic acids is 2. The van der Waals surface area contributed by atoms with E-state index in [9.17, 15) is 14.7 Å². The number of phenols is 1. The van der Waals surface area contributed by atoms with Crippen LogP contribution in [0.2, 0.25) is 5.02 Å². The number of aromatic nitrogens is 4. The van der Waals surface area contributed by atoms with Crippen LogP contribution in [0.3, 0.4) is 0 Å². The number of phenolic OH excluding ortho intramolecular Hbond substituents is 1. The number of aromatic hydroxyl groups is 1.